The van der Waals surface area contributed by atoms with Crippen molar-refractivity contribution in [2.24, 2.45) is 0 Å². The number of aliphatic hydroxyl groups excluding tert-OH is 1. The SMILES string of the molecule is CCCN(CCO)C(=O)c1cc(Cl)cc(Cl)c1. The van der Waals surface area contributed by atoms with Crippen molar-refractivity contribution >= 4 is 29.1 Å². The molecule has 0 aromatic heterocycles. The van der Waals surface area contributed by atoms with Crippen molar-refractivity contribution in [1.29, 1.82) is 0 Å². The van der Waals surface area contributed by atoms with E-state index in [1.807, 2.05) is 6.92 Å². The summed E-state index contributed by atoms with van der Waals surface area (Å²) >= 11 is 11.7. The Morgan fingerprint density at radius 1 is 1.24 bits per heavy atom. The Bertz CT molecular complexity index is 370. The van der Waals surface area contributed by atoms with Crippen LogP contribution in [0.15, 0.2) is 18.2 Å². The molecule has 0 unspecified atom stereocenters. The van der Waals surface area contributed by atoms with E-state index in [1.54, 1.807) is 23.1 Å². The van der Waals surface area contributed by atoms with Crippen molar-refractivity contribution in [3.63, 3.8) is 0 Å². The molecule has 1 rings (SSSR count). The van der Waals surface area contributed by atoms with Crippen LogP contribution in [0.25, 0.3) is 0 Å². The molecule has 0 heterocycles. The lowest BCUT2D eigenvalue weighted by Gasteiger charge is -2.21. The van der Waals surface area contributed by atoms with Gasteiger partial charge < -0.3 is 10.0 Å². The number of carbonyl (C=O) groups excluding carboxylic acids is 1. The van der Waals surface area contributed by atoms with Gasteiger partial charge in [0.1, 0.15) is 0 Å². The first-order chi connectivity index (χ1) is 8.08. The summed E-state index contributed by atoms with van der Waals surface area (Å²) in [4.78, 5) is 13.7. The lowest BCUT2D eigenvalue weighted by Crippen LogP contribution is -2.34. The van der Waals surface area contributed by atoms with E-state index in [9.17, 15) is 4.79 Å². The number of amides is 1. The van der Waals surface area contributed by atoms with Crippen molar-refractivity contribution in [3.05, 3.63) is 33.8 Å². The molecule has 1 aromatic rings. The second kappa shape index (κ2) is 6.84. The van der Waals surface area contributed by atoms with Crippen molar-refractivity contribution in [2.45, 2.75) is 13.3 Å². The quantitative estimate of drug-likeness (QED) is 0.898. The first-order valence-electron chi connectivity index (χ1n) is 5.44. The van der Waals surface area contributed by atoms with Gasteiger partial charge in [0.05, 0.1) is 6.61 Å². The molecule has 0 fully saturated rings. The molecule has 0 radical (unpaired) electrons. The predicted octanol–water partition coefficient (Wildman–Crippen LogP) is 2.84. The van der Waals surface area contributed by atoms with E-state index in [0.717, 1.165) is 6.42 Å². The van der Waals surface area contributed by atoms with Crippen LogP contribution in [0.3, 0.4) is 0 Å². The molecule has 0 atom stereocenters. The van der Waals surface area contributed by atoms with Gasteiger partial charge in [-0.1, -0.05) is 30.1 Å². The molecular formula is C12H15Cl2NO2. The summed E-state index contributed by atoms with van der Waals surface area (Å²) in [6.45, 7) is 2.84. The van der Waals surface area contributed by atoms with Crippen LogP contribution < -0.4 is 0 Å². The minimum absolute atomic E-state index is 0.0555. The molecule has 1 aromatic carbocycles. The highest BCUT2D eigenvalue weighted by Gasteiger charge is 2.15. The summed E-state index contributed by atoms with van der Waals surface area (Å²) in [5.41, 5.74) is 0.449. The molecule has 0 saturated heterocycles. The van der Waals surface area contributed by atoms with Crippen molar-refractivity contribution < 1.29 is 9.90 Å². The first-order valence-corrected chi connectivity index (χ1v) is 6.20. The maximum atomic E-state index is 12.1. The van der Waals surface area contributed by atoms with E-state index < -0.39 is 0 Å². The maximum Gasteiger partial charge on any atom is 0.254 e. The highest BCUT2D eigenvalue weighted by Crippen LogP contribution is 2.20. The first kappa shape index (κ1) is 14.3. The van der Waals surface area contributed by atoms with Crippen LogP contribution in [0.5, 0.6) is 0 Å². The molecule has 0 aliphatic carbocycles. The van der Waals surface area contributed by atoms with Crippen LogP contribution in [-0.4, -0.2) is 35.6 Å². The smallest absolute Gasteiger partial charge is 0.254 e. The van der Waals surface area contributed by atoms with Gasteiger partial charge in [-0.15, -0.1) is 0 Å². The monoisotopic (exact) mass is 275 g/mol. The summed E-state index contributed by atoms with van der Waals surface area (Å²) in [5, 5.41) is 9.79. The van der Waals surface area contributed by atoms with E-state index in [2.05, 4.69) is 0 Å². The zero-order valence-electron chi connectivity index (χ0n) is 9.62. The normalized spacial score (nSPS) is 10.4. The van der Waals surface area contributed by atoms with Gasteiger partial charge in [0.25, 0.3) is 5.91 Å². The Morgan fingerprint density at radius 2 is 1.82 bits per heavy atom. The molecule has 5 heteroatoms. The number of carbonyl (C=O) groups is 1. The average Bonchev–Trinajstić information content (AvgIpc) is 2.26. The van der Waals surface area contributed by atoms with Gasteiger partial charge in [-0.25, -0.2) is 0 Å². The van der Waals surface area contributed by atoms with Crippen LogP contribution >= 0.6 is 23.2 Å². The Balaban J connectivity index is 2.92. The molecule has 0 spiro atoms. The number of benzene rings is 1. The number of nitrogens with zero attached hydrogens (tertiary/aromatic N) is 1. The van der Waals surface area contributed by atoms with Crippen molar-refractivity contribution in [3.8, 4) is 0 Å². The molecular weight excluding hydrogens is 261 g/mol. The summed E-state index contributed by atoms with van der Waals surface area (Å²) in [5.74, 6) is -0.162. The molecule has 0 aliphatic heterocycles. The molecule has 3 nitrogen and oxygen atoms in total. The third kappa shape index (κ3) is 4.19. The van der Waals surface area contributed by atoms with E-state index in [-0.39, 0.29) is 12.5 Å². The van der Waals surface area contributed by atoms with Gasteiger partial charge in [-0.05, 0) is 24.6 Å². The van der Waals surface area contributed by atoms with E-state index in [4.69, 9.17) is 28.3 Å². The fourth-order valence-electron chi connectivity index (χ4n) is 1.57. The van der Waals surface area contributed by atoms with E-state index in [0.29, 0.717) is 28.7 Å². The van der Waals surface area contributed by atoms with Crippen LogP contribution in [0.2, 0.25) is 10.0 Å². The average molecular weight is 276 g/mol. The maximum absolute atomic E-state index is 12.1. The fraction of sp³-hybridized carbons (Fsp3) is 0.417. The largest absolute Gasteiger partial charge is 0.395 e. The highest BCUT2D eigenvalue weighted by molar-refractivity contribution is 6.35. The second-order valence-electron chi connectivity index (χ2n) is 3.67. The summed E-state index contributed by atoms with van der Waals surface area (Å²) in [6, 6.07) is 4.74. The Hall–Kier alpha value is -0.770. The molecule has 0 saturated carbocycles. The van der Waals surface area contributed by atoms with Gasteiger partial charge in [0.15, 0.2) is 0 Å². The van der Waals surface area contributed by atoms with Crippen LogP contribution in [0.1, 0.15) is 23.7 Å². The van der Waals surface area contributed by atoms with E-state index >= 15 is 0 Å². The minimum Gasteiger partial charge on any atom is -0.395 e. The van der Waals surface area contributed by atoms with Crippen LogP contribution in [0.4, 0.5) is 0 Å². The number of hydrogen-bond acceptors (Lipinski definition) is 2. The van der Waals surface area contributed by atoms with Crippen LogP contribution in [-0.2, 0) is 0 Å². The standard InChI is InChI=1S/C12H15Cl2NO2/c1-2-3-15(4-5-16)12(17)9-6-10(13)8-11(14)7-9/h6-8,16H,2-5H2,1H3. The van der Waals surface area contributed by atoms with Gasteiger partial charge >= 0.3 is 0 Å². The summed E-state index contributed by atoms with van der Waals surface area (Å²) < 4.78 is 0. The summed E-state index contributed by atoms with van der Waals surface area (Å²) in [6.07, 6.45) is 0.833. The highest BCUT2D eigenvalue weighted by atomic mass is 35.5. The third-order valence-corrected chi connectivity index (χ3v) is 2.70. The third-order valence-electron chi connectivity index (χ3n) is 2.26. The number of rotatable bonds is 5. The van der Waals surface area contributed by atoms with Gasteiger partial charge in [0.2, 0.25) is 0 Å². The zero-order valence-corrected chi connectivity index (χ0v) is 11.1. The lowest BCUT2D eigenvalue weighted by molar-refractivity contribution is 0.0722. The van der Waals surface area contributed by atoms with Gasteiger partial charge in [-0.2, -0.15) is 0 Å². The molecule has 0 aliphatic rings. The number of aliphatic hydroxyl groups is 1. The van der Waals surface area contributed by atoms with Crippen molar-refractivity contribution in [2.75, 3.05) is 19.7 Å². The summed E-state index contributed by atoms with van der Waals surface area (Å²) in [7, 11) is 0. The zero-order chi connectivity index (χ0) is 12.8. The van der Waals surface area contributed by atoms with Crippen LogP contribution in [0, 0.1) is 0 Å². The van der Waals surface area contributed by atoms with Gasteiger partial charge in [-0.3, -0.25) is 4.79 Å². The predicted molar refractivity (Wildman–Crippen MR) is 69.7 cm³/mol. The topological polar surface area (TPSA) is 40.5 Å². The molecule has 0 bridgehead atoms. The molecule has 94 valence electrons. The Labute approximate surface area is 111 Å². The van der Waals surface area contributed by atoms with E-state index in [1.165, 1.54) is 0 Å². The van der Waals surface area contributed by atoms with Crippen molar-refractivity contribution in [1.82, 2.24) is 4.90 Å². The molecule has 1 N–H and O–H groups in total. The van der Waals surface area contributed by atoms with Gasteiger partial charge in [0, 0.05) is 28.7 Å². The lowest BCUT2D eigenvalue weighted by atomic mass is 10.2. The second-order valence-corrected chi connectivity index (χ2v) is 4.55. The number of halogens is 2. The number of hydrogen-bond donors (Lipinski definition) is 1. The fourth-order valence-corrected chi connectivity index (χ4v) is 2.09. The molecule has 17 heavy (non-hydrogen) atoms. The molecule has 1 amide bonds. The minimum atomic E-state index is -0.162. The Morgan fingerprint density at radius 3 is 2.29 bits per heavy atom. The Kier molecular flexibility index (Phi) is 5.75.